The van der Waals surface area contributed by atoms with Crippen LogP contribution in [-0.4, -0.2) is 17.1 Å². The van der Waals surface area contributed by atoms with Gasteiger partial charge in [0.15, 0.2) is 12.4 Å². The first-order valence-corrected chi connectivity index (χ1v) is 6.64. The summed E-state index contributed by atoms with van der Waals surface area (Å²) >= 11 is 0. The molecule has 5 heteroatoms. The fourth-order valence-corrected chi connectivity index (χ4v) is 2.07. The first kappa shape index (κ1) is 13.1. The zero-order chi connectivity index (χ0) is 14.5. The second-order valence-electron chi connectivity index (χ2n) is 4.67. The van der Waals surface area contributed by atoms with Crippen molar-refractivity contribution in [3.05, 3.63) is 66.6 Å². The Morgan fingerprint density at radius 2 is 2.10 bits per heavy atom. The topological polar surface area (TPSA) is 61.1 Å². The van der Waals surface area contributed by atoms with Crippen molar-refractivity contribution in [2.45, 2.75) is 6.54 Å². The Kier molecular flexibility index (Phi) is 3.73. The molecular weight excluding hydrogens is 264 g/mol. The predicted octanol–water partition coefficient (Wildman–Crippen LogP) is 1.61. The molecule has 0 fully saturated rings. The molecule has 1 amide bonds. The van der Waals surface area contributed by atoms with Crippen LogP contribution < -0.4 is 9.99 Å². The van der Waals surface area contributed by atoms with Crippen molar-refractivity contribution in [3.63, 3.8) is 0 Å². The van der Waals surface area contributed by atoms with E-state index < -0.39 is 0 Å². The normalized spacial score (nSPS) is 11.0. The van der Waals surface area contributed by atoms with Crippen LogP contribution in [0.2, 0.25) is 0 Å². The van der Waals surface area contributed by atoms with Gasteiger partial charge in [-0.05, 0) is 29.1 Å². The van der Waals surface area contributed by atoms with E-state index in [-0.39, 0.29) is 12.5 Å². The van der Waals surface area contributed by atoms with Crippen LogP contribution in [0, 0.1) is 0 Å². The number of benzene rings is 1. The van der Waals surface area contributed by atoms with E-state index in [9.17, 15) is 4.79 Å². The number of nitrogens with zero attached hydrogens (tertiary/aromatic N) is 2. The maximum absolute atomic E-state index is 11.7. The zero-order valence-electron chi connectivity index (χ0n) is 11.4. The Labute approximate surface area is 121 Å². The van der Waals surface area contributed by atoms with E-state index in [2.05, 4.69) is 15.5 Å². The number of nitrogens with one attached hydrogen (secondary N) is 2. The number of pyridine rings is 1. The molecular formula is C16H15N4O+. The van der Waals surface area contributed by atoms with E-state index in [0.29, 0.717) is 0 Å². The minimum Gasteiger partial charge on any atom is -0.361 e. The molecule has 5 nitrogen and oxygen atoms in total. The largest absolute Gasteiger partial charge is 0.361 e. The van der Waals surface area contributed by atoms with Crippen molar-refractivity contribution >= 4 is 23.0 Å². The van der Waals surface area contributed by atoms with Gasteiger partial charge in [-0.2, -0.15) is 9.67 Å². The third-order valence-electron chi connectivity index (χ3n) is 3.08. The molecule has 3 rings (SSSR count). The Bertz CT molecular complexity index is 777. The molecule has 2 aromatic heterocycles. The summed E-state index contributed by atoms with van der Waals surface area (Å²) in [5.74, 6) is -0.162. The number of H-pyrrole nitrogens is 1. The van der Waals surface area contributed by atoms with Crippen molar-refractivity contribution in [3.8, 4) is 0 Å². The number of rotatable bonds is 4. The number of hydrogen-bond acceptors (Lipinski definition) is 2. The Balaban J connectivity index is 1.60. The monoisotopic (exact) mass is 279 g/mol. The summed E-state index contributed by atoms with van der Waals surface area (Å²) in [5.41, 5.74) is 4.54. The Hall–Kier alpha value is -2.95. The summed E-state index contributed by atoms with van der Waals surface area (Å²) in [6.07, 6.45) is 7.21. The first-order valence-electron chi connectivity index (χ1n) is 6.64. The highest BCUT2D eigenvalue weighted by Gasteiger charge is 2.06. The average molecular weight is 279 g/mol. The lowest BCUT2D eigenvalue weighted by atomic mass is 10.2. The third kappa shape index (κ3) is 3.33. The van der Waals surface area contributed by atoms with E-state index in [1.165, 1.54) is 0 Å². The summed E-state index contributed by atoms with van der Waals surface area (Å²) in [7, 11) is 0. The lowest BCUT2D eigenvalue weighted by Crippen LogP contribution is -2.40. The number of hydrazone groups is 1. The molecule has 1 aromatic carbocycles. The average Bonchev–Trinajstić information content (AvgIpc) is 2.96. The van der Waals surface area contributed by atoms with Crippen molar-refractivity contribution in [2.24, 2.45) is 5.10 Å². The van der Waals surface area contributed by atoms with Gasteiger partial charge in [-0.15, -0.1) is 0 Å². The number of carbonyl (C=O) groups is 1. The molecule has 2 N–H and O–H groups in total. The van der Waals surface area contributed by atoms with Gasteiger partial charge in [-0.25, -0.2) is 5.43 Å². The lowest BCUT2D eigenvalue weighted by molar-refractivity contribution is -0.684. The van der Waals surface area contributed by atoms with Crippen LogP contribution in [0.4, 0.5) is 0 Å². The van der Waals surface area contributed by atoms with Crippen molar-refractivity contribution in [2.75, 3.05) is 0 Å². The van der Waals surface area contributed by atoms with E-state index in [1.807, 2.05) is 61.1 Å². The molecule has 0 atom stereocenters. The van der Waals surface area contributed by atoms with Gasteiger partial charge in [-0.1, -0.05) is 12.1 Å². The maximum Gasteiger partial charge on any atom is 0.305 e. The van der Waals surface area contributed by atoms with Crippen LogP contribution in [0.3, 0.4) is 0 Å². The van der Waals surface area contributed by atoms with Crippen LogP contribution in [0.15, 0.2) is 66.2 Å². The van der Waals surface area contributed by atoms with Gasteiger partial charge < -0.3 is 4.98 Å². The molecule has 0 aliphatic rings. The molecule has 0 aliphatic heterocycles. The third-order valence-corrected chi connectivity index (χ3v) is 3.08. The van der Waals surface area contributed by atoms with E-state index >= 15 is 0 Å². The Morgan fingerprint density at radius 1 is 1.24 bits per heavy atom. The molecule has 0 radical (unpaired) electrons. The fraction of sp³-hybridized carbons (Fsp3) is 0.0625. The molecule has 0 spiro atoms. The summed E-state index contributed by atoms with van der Waals surface area (Å²) in [5, 5.41) is 5.10. The van der Waals surface area contributed by atoms with Crippen LogP contribution in [-0.2, 0) is 11.3 Å². The quantitative estimate of drug-likeness (QED) is 0.425. The van der Waals surface area contributed by atoms with Gasteiger partial charge in [0.2, 0.25) is 6.54 Å². The van der Waals surface area contributed by atoms with E-state index in [4.69, 9.17) is 0 Å². The molecule has 3 aromatic rings. The summed E-state index contributed by atoms with van der Waals surface area (Å²) < 4.78 is 1.79. The highest BCUT2D eigenvalue weighted by atomic mass is 16.2. The molecule has 21 heavy (non-hydrogen) atoms. The lowest BCUT2D eigenvalue weighted by Gasteiger charge is -1.97. The minimum atomic E-state index is -0.162. The molecule has 0 saturated carbocycles. The van der Waals surface area contributed by atoms with Crippen LogP contribution >= 0.6 is 0 Å². The molecule has 0 bridgehead atoms. The SMILES string of the molecule is O=C(C[n+]1ccccc1)N/N=C/c1ccc2[nH]ccc2c1. The van der Waals surface area contributed by atoms with Gasteiger partial charge in [0.25, 0.3) is 0 Å². The van der Waals surface area contributed by atoms with Crippen molar-refractivity contribution in [1.29, 1.82) is 0 Å². The second-order valence-corrected chi connectivity index (χ2v) is 4.67. The molecule has 0 unspecified atom stereocenters. The fourth-order valence-electron chi connectivity index (χ4n) is 2.07. The smallest absolute Gasteiger partial charge is 0.305 e. The Morgan fingerprint density at radius 3 is 2.95 bits per heavy atom. The maximum atomic E-state index is 11.7. The zero-order valence-corrected chi connectivity index (χ0v) is 11.4. The molecule has 0 aliphatic carbocycles. The van der Waals surface area contributed by atoms with E-state index in [1.54, 1.807) is 10.8 Å². The first-order chi connectivity index (χ1) is 10.3. The number of aromatic amines is 1. The predicted molar refractivity (Wildman–Crippen MR) is 80.7 cm³/mol. The summed E-state index contributed by atoms with van der Waals surface area (Å²) in [6, 6.07) is 13.6. The molecule has 2 heterocycles. The van der Waals surface area contributed by atoms with Crippen LogP contribution in [0.25, 0.3) is 10.9 Å². The van der Waals surface area contributed by atoms with Gasteiger partial charge in [0.05, 0.1) is 6.21 Å². The summed E-state index contributed by atoms with van der Waals surface area (Å²) in [6.45, 7) is 0.245. The van der Waals surface area contributed by atoms with E-state index in [0.717, 1.165) is 16.5 Å². The number of fused-ring (bicyclic) bond motifs is 1. The summed E-state index contributed by atoms with van der Waals surface area (Å²) in [4.78, 5) is 14.9. The van der Waals surface area contributed by atoms with Gasteiger partial charge >= 0.3 is 5.91 Å². The number of hydrogen-bond donors (Lipinski definition) is 2. The van der Waals surface area contributed by atoms with Gasteiger partial charge in [0.1, 0.15) is 0 Å². The standard InChI is InChI=1S/C16H14N4O/c21-16(12-20-8-2-1-3-9-20)19-18-11-13-4-5-15-14(10-13)6-7-17-15/h1-11H,12H2,(H-,17,18,19,21)/p+1. The van der Waals surface area contributed by atoms with Crippen LogP contribution in [0.1, 0.15) is 5.56 Å². The number of amides is 1. The number of aromatic nitrogens is 2. The highest BCUT2D eigenvalue weighted by Crippen LogP contribution is 2.12. The highest BCUT2D eigenvalue weighted by molar-refractivity contribution is 5.89. The minimum absolute atomic E-state index is 0.162. The number of carbonyl (C=O) groups excluding carboxylic acids is 1. The second kappa shape index (κ2) is 6.00. The van der Waals surface area contributed by atoms with Crippen LogP contribution in [0.5, 0.6) is 0 Å². The van der Waals surface area contributed by atoms with Crippen molar-refractivity contribution in [1.82, 2.24) is 10.4 Å². The molecule has 0 saturated heterocycles. The van der Waals surface area contributed by atoms with Gasteiger partial charge in [0, 0.05) is 23.8 Å². The van der Waals surface area contributed by atoms with Crippen molar-refractivity contribution < 1.29 is 9.36 Å². The van der Waals surface area contributed by atoms with Gasteiger partial charge in [-0.3, -0.25) is 4.79 Å². The molecule has 104 valence electrons.